The van der Waals surface area contributed by atoms with Gasteiger partial charge >= 0.3 is 0 Å². The van der Waals surface area contributed by atoms with Crippen LogP contribution in [0.15, 0.2) is 54.6 Å². The van der Waals surface area contributed by atoms with E-state index in [0.717, 1.165) is 12.8 Å². The summed E-state index contributed by atoms with van der Waals surface area (Å²) in [5.41, 5.74) is 1.42. The largest absolute Gasteiger partial charge is 0.0841 e. The molecule has 1 aromatic carbocycles. The fourth-order valence-corrected chi connectivity index (χ4v) is 1.67. The van der Waals surface area contributed by atoms with Crippen LogP contribution >= 0.6 is 0 Å². The van der Waals surface area contributed by atoms with Gasteiger partial charge in [-0.05, 0) is 24.3 Å². The third-order valence-corrected chi connectivity index (χ3v) is 2.35. The quantitative estimate of drug-likeness (QED) is 0.597. The van der Waals surface area contributed by atoms with Crippen molar-refractivity contribution < 1.29 is 0 Å². The Morgan fingerprint density at radius 2 is 1.69 bits per heavy atom. The second kappa shape index (κ2) is 4.08. The van der Waals surface area contributed by atoms with Crippen molar-refractivity contribution in [3.63, 3.8) is 0 Å². The Morgan fingerprint density at radius 3 is 2.38 bits per heavy atom. The molecule has 0 spiro atoms. The van der Waals surface area contributed by atoms with Gasteiger partial charge < -0.3 is 0 Å². The van der Waals surface area contributed by atoms with Gasteiger partial charge in [-0.2, -0.15) is 0 Å². The molecule has 1 aliphatic rings. The summed E-state index contributed by atoms with van der Waals surface area (Å²) in [6.07, 6.45) is 11.3. The molecule has 0 bridgehead atoms. The molecule has 0 aromatic heterocycles. The van der Waals surface area contributed by atoms with Crippen LogP contribution in [0.25, 0.3) is 0 Å². The number of rotatable bonds is 2. The first-order chi connectivity index (χ1) is 6.45. The summed E-state index contributed by atoms with van der Waals surface area (Å²) in [4.78, 5) is 0. The maximum absolute atomic E-state index is 2.30. The summed E-state index contributed by atoms with van der Waals surface area (Å²) >= 11 is 0. The Kier molecular flexibility index (Phi) is 2.61. The third kappa shape index (κ3) is 2.32. The second-order valence-electron chi connectivity index (χ2n) is 3.45. The van der Waals surface area contributed by atoms with Crippen molar-refractivity contribution in [3.8, 4) is 0 Å². The van der Waals surface area contributed by atoms with E-state index in [4.69, 9.17) is 0 Å². The van der Waals surface area contributed by atoms with Crippen molar-refractivity contribution in [1.82, 2.24) is 0 Å². The minimum Gasteiger partial charge on any atom is -0.0841 e. The van der Waals surface area contributed by atoms with Crippen LogP contribution in [0.2, 0.25) is 0 Å². The van der Waals surface area contributed by atoms with Crippen LogP contribution in [-0.4, -0.2) is 0 Å². The van der Waals surface area contributed by atoms with E-state index in [1.165, 1.54) is 5.56 Å². The molecule has 0 saturated heterocycles. The van der Waals surface area contributed by atoms with Crippen molar-refractivity contribution in [2.45, 2.75) is 12.8 Å². The number of hydrogen-bond donors (Lipinski definition) is 0. The van der Waals surface area contributed by atoms with Gasteiger partial charge in [0.25, 0.3) is 0 Å². The highest BCUT2D eigenvalue weighted by molar-refractivity contribution is 5.19. The third-order valence-electron chi connectivity index (χ3n) is 2.35. The van der Waals surface area contributed by atoms with E-state index >= 15 is 0 Å². The van der Waals surface area contributed by atoms with Crippen LogP contribution in [0.4, 0.5) is 0 Å². The zero-order chi connectivity index (χ0) is 8.93. The van der Waals surface area contributed by atoms with Crippen LogP contribution in [-0.2, 0) is 6.42 Å². The SMILES string of the molecule is C1=CC(Cc2ccccc2)C=CC1. The second-order valence-corrected chi connectivity index (χ2v) is 3.45. The molecule has 0 heterocycles. The molecule has 0 aliphatic heterocycles. The average molecular weight is 170 g/mol. The molecule has 13 heavy (non-hydrogen) atoms. The Morgan fingerprint density at radius 1 is 1.00 bits per heavy atom. The molecule has 2 rings (SSSR count). The summed E-state index contributed by atoms with van der Waals surface area (Å²) in [5.74, 6) is 0.608. The Bertz CT molecular complexity index is 294. The highest BCUT2D eigenvalue weighted by Crippen LogP contribution is 2.15. The summed E-state index contributed by atoms with van der Waals surface area (Å²) in [7, 11) is 0. The molecular weight excluding hydrogens is 156 g/mol. The molecule has 1 aliphatic carbocycles. The highest BCUT2D eigenvalue weighted by Gasteiger charge is 2.03. The van der Waals surface area contributed by atoms with Gasteiger partial charge in [0.15, 0.2) is 0 Å². The minimum absolute atomic E-state index is 0.608. The number of hydrogen-bond acceptors (Lipinski definition) is 0. The van der Waals surface area contributed by atoms with E-state index in [1.54, 1.807) is 0 Å². The van der Waals surface area contributed by atoms with Gasteiger partial charge in [-0.1, -0.05) is 54.6 Å². The fourth-order valence-electron chi connectivity index (χ4n) is 1.67. The molecule has 0 fully saturated rings. The first-order valence-corrected chi connectivity index (χ1v) is 4.82. The van der Waals surface area contributed by atoms with Crippen LogP contribution in [0.5, 0.6) is 0 Å². The molecule has 0 atom stereocenters. The van der Waals surface area contributed by atoms with Crippen LogP contribution in [0.1, 0.15) is 12.0 Å². The molecule has 0 amide bonds. The lowest BCUT2D eigenvalue weighted by Crippen LogP contribution is -1.99. The van der Waals surface area contributed by atoms with Gasteiger partial charge in [-0.25, -0.2) is 0 Å². The molecule has 0 saturated carbocycles. The van der Waals surface area contributed by atoms with Crippen molar-refractivity contribution in [3.05, 3.63) is 60.2 Å². The number of allylic oxidation sites excluding steroid dienone is 4. The zero-order valence-electron chi connectivity index (χ0n) is 7.69. The van der Waals surface area contributed by atoms with Gasteiger partial charge in [0, 0.05) is 0 Å². The van der Waals surface area contributed by atoms with Crippen molar-refractivity contribution >= 4 is 0 Å². The molecule has 0 N–H and O–H groups in total. The minimum atomic E-state index is 0.608. The highest BCUT2D eigenvalue weighted by atomic mass is 14.1. The van der Waals surface area contributed by atoms with Crippen LogP contribution < -0.4 is 0 Å². The normalized spacial score (nSPS) is 16.3. The molecule has 66 valence electrons. The molecule has 1 aromatic rings. The first kappa shape index (κ1) is 8.31. The lowest BCUT2D eigenvalue weighted by atomic mass is 9.95. The van der Waals surface area contributed by atoms with Gasteiger partial charge in [-0.15, -0.1) is 0 Å². The predicted octanol–water partition coefficient (Wildman–Crippen LogP) is 3.36. The monoisotopic (exact) mass is 170 g/mol. The standard InChI is InChI=1S/C13H14/c1-3-7-12(8-4-1)11-13-9-5-2-6-10-13/h1,3-10,13H,2,11H2. The summed E-state index contributed by atoms with van der Waals surface area (Å²) in [6, 6.07) is 10.7. The summed E-state index contributed by atoms with van der Waals surface area (Å²) in [5, 5.41) is 0. The summed E-state index contributed by atoms with van der Waals surface area (Å²) in [6.45, 7) is 0. The van der Waals surface area contributed by atoms with Gasteiger partial charge in [0.2, 0.25) is 0 Å². The van der Waals surface area contributed by atoms with E-state index in [-0.39, 0.29) is 0 Å². The van der Waals surface area contributed by atoms with Gasteiger partial charge in [0.05, 0.1) is 0 Å². The molecule has 0 radical (unpaired) electrons. The Hall–Kier alpha value is -1.30. The Labute approximate surface area is 79.6 Å². The van der Waals surface area contributed by atoms with E-state index in [1.807, 2.05) is 0 Å². The van der Waals surface area contributed by atoms with Gasteiger partial charge in [0.1, 0.15) is 0 Å². The van der Waals surface area contributed by atoms with Crippen LogP contribution in [0.3, 0.4) is 0 Å². The van der Waals surface area contributed by atoms with Crippen molar-refractivity contribution in [2.24, 2.45) is 5.92 Å². The predicted molar refractivity (Wildman–Crippen MR) is 56.5 cm³/mol. The van der Waals surface area contributed by atoms with Gasteiger partial charge in [-0.3, -0.25) is 0 Å². The van der Waals surface area contributed by atoms with E-state index in [9.17, 15) is 0 Å². The van der Waals surface area contributed by atoms with Crippen LogP contribution in [0, 0.1) is 5.92 Å². The lowest BCUT2D eigenvalue weighted by Gasteiger charge is -2.10. The van der Waals surface area contributed by atoms with E-state index in [0.29, 0.717) is 5.92 Å². The first-order valence-electron chi connectivity index (χ1n) is 4.82. The van der Waals surface area contributed by atoms with Crippen molar-refractivity contribution in [2.75, 3.05) is 0 Å². The maximum atomic E-state index is 2.30. The molecule has 0 unspecified atom stereocenters. The van der Waals surface area contributed by atoms with E-state index < -0.39 is 0 Å². The molecule has 0 nitrogen and oxygen atoms in total. The number of benzene rings is 1. The summed E-state index contributed by atoms with van der Waals surface area (Å²) < 4.78 is 0. The van der Waals surface area contributed by atoms with E-state index in [2.05, 4.69) is 54.6 Å². The Balaban J connectivity index is 2.02. The average Bonchev–Trinajstić information content (AvgIpc) is 2.21. The zero-order valence-corrected chi connectivity index (χ0v) is 7.69. The molecule has 0 heteroatoms. The molecular formula is C13H14. The topological polar surface area (TPSA) is 0 Å². The van der Waals surface area contributed by atoms with Crippen molar-refractivity contribution in [1.29, 1.82) is 0 Å². The smallest absolute Gasteiger partial charge is 0.00129 e. The fraction of sp³-hybridized carbons (Fsp3) is 0.231. The maximum Gasteiger partial charge on any atom is -0.00129 e. The lowest BCUT2D eigenvalue weighted by molar-refractivity contribution is 0.789.